The molecule has 1 rings (SSSR count). The topological polar surface area (TPSA) is 67.6 Å². The molecule has 5 nitrogen and oxygen atoms in total. The second-order valence-electron chi connectivity index (χ2n) is 5.22. The number of unbranched alkanes of at least 4 members (excludes halogenated alkanes) is 2. The zero-order valence-corrected chi connectivity index (χ0v) is 11.7. The molecule has 0 bridgehead atoms. The van der Waals surface area contributed by atoms with Crippen molar-refractivity contribution >= 4 is 5.91 Å². The molecule has 3 N–H and O–H groups in total. The van der Waals surface area contributed by atoms with Crippen LogP contribution in [0.3, 0.4) is 0 Å². The summed E-state index contributed by atoms with van der Waals surface area (Å²) in [6.45, 7) is 5.58. The van der Waals surface area contributed by atoms with Gasteiger partial charge in [-0.05, 0) is 38.3 Å². The molecular formula is C13H27N3O2. The monoisotopic (exact) mass is 257 g/mol. The Hall–Kier alpha value is -0.650. The van der Waals surface area contributed by atoms with Gasteiger partial charge in [-0.1, -0.05) is 13.3 Å². The number of hydrogen-bond acceptors (Lipinski definition) is 4. The van der Waals surface area contributed by atoms with Gasteiger partial charge in [-0.15, -0.1) is 0 Å². The van der Waals surface area contributed by atoms with Crippen molar-refractivity contribution in [3.05, 3.63) is 0 Å². The average Bonchev–Trinajstić information content (AvgIpc) is 2.39. The maximum absolute atomic E-state index is 10.9. The van der Waals surface area contributed by atoms with Crippen molar-refractivity contribution in [2.24, 2.45) is 11.8 Å². The van der Waals surface area contributed by atoms with E-state index in [2.05, 4.69) is 17.2 Å². The van der Waals surface area contributed by atoms with Gasteiger partial charge >= 0.3 is 0 Å². The van der Waals surface area contributed by atoms with Crippen LogP contribution < -0.4 is 11.3 Å². The van der Waals surface area contributed by atoms with Gasteiger partial charge in [0, 0.05) is 20.1 Å². The SMILES string of the molecule is COC1CN(CCCCCC(=O)NN)CCC1C. The molecule has 2 unspecified atom stereocenters. The number of ether oxygens (including phenoxy) is 1. The van der Waals surface area contributed by atoms with E-state index < -0.39 is 0 Å². The summed E-state index contributed by atoms with van der Waals surface area (Å²) in [7, 11) is 1.80. The quantitative estimate of drug-likeness (QED) is 0.308. The Morgan fingerprint density at radius 3 is 2.89 bits per heavy atom. The summed E-state index contributed by atoms with van der Waals surface area (Å²) in [6.07, 6.45) is 5.27. The van der Waals surface area contributed by atoms with E-state index >= 15 is 0 Å². The molecule has 5 heteroatoms. The maximum Gasteiger partial charge on any atom is 0.233 e. The molecule has 1 aliphatic heterocycles. The molecule has 1 aliphatic rings. The number of nitrogens with zero attached hydrogens (tertiary/aromatic N) is 1. The lowest BCUT2D eigenvalue weighted by Gasteiger charge is -2.36. The molecule has 0 aromatic heterocycles. The molecule has 0 aliphatic carbocycles. The van der Waals surface area contributed by atoms with Crippen molar-refractivity contribution in [2.45, 2.75) is 45.1 Å². The van der Waals surface area contributed by atoms with Gasteiger partial charge in [-0.3, -0.25) is 10.2 Å². The van der Waals surface area contributed by atoms with E-state index in [-0.39, 0.29) is 5.91 Å². The van der Waals surface area contributed by atoms with Gasteiger partial charge in [0.1, 0.15) is 0 Å². The molecule has 18 heavy (non-hydrogen) atoms. The summed E-state index contributed by atoms with van der Waals surface area (Å²) in [4.78, 5) is 13.4. The van der Waals surface area contributed by atoms with E-state index in [0.29, 0.717) is 18.4 Å². The van der Waals surface area contributed by atoms with Crippen molar-refractivity contribution < 1.29 is 9.53 Å². The molecule has 0 aromatic carbocycles. The predicted molar refractivity (Wildman–Crippen MR) is 71.8 cm³/mol. The Labute approximate surface area is 110 Å². The Morgan fingerprint density at radius 2 is 2.22 bits per heavy atom. The van der Waals surface area contributed by atoms with Crippen LogP contribution >= 0.6 is 0 Å². The Kier molecular flexibility index (Phi) is 7.23. The molecule has 1 fully saturated rings. The molecule has 2 atom stereocenters. The smallest absolute Gasteiger partial charge is 0.233 e. The summed E-state index contributed by atoms with van der Waals surface area (Å²) in [5.74, 6) is 5.62. The first kappa shape index (κ1) is 15.4. The van der Waals surface area contributed by atoms with E-state index in [1.54, 1.807) is 7.11 Å². The number of amides is 1. The van der Waals surface area contributed by atoms with Crippen LogP contribution in [0.5, 0.6) is 0 Å². The summed E-state index contributed by atoms with van der Waals surface area (Å²) in [5.41, 5.74) is 2.16. The fourth-order valence-corrected chi connectivity index (χ4v) is 2.48. The highest BCUT2D eigenvalue weighted by molar-refractivity contribution is 5.74. The number of nitrogens with two attached hydrogens (primary N) is 1. The lowest BCUT2D eigenvalue weighted by atomic mass is 9.95. The molecule has 0 spiro atoms. The van der Waals surface area contributed by atoms with Crippen LogP contribution in [0, 0.1) is 5.92 Å². The first-order chi connectivity index (χ1) is 8.67. The van der Waals surface area contributed by atoms with Crippen LogP contribution in [0.15, 0.2) is 0 Å². The number of carbonyl (C=O) groups excluding carboxylic acids is 1. The highest BCUT2D eigenvalue weighted by Gasteiger charge is 2.25. The minimum Gasteiger partial charge on any atom is -0.380 e. The van der Waals surface area contributed by atoms with Crippen LogP contribution in [-0.4, -0.2) is 43.7 Å². The zero-order valence-electron chi connectivity index (χ0n) is 11.7. The van der Waals surface area contributed by atoms with Crippen molar-refractivity contribution in [3.63, 3.8) is 0 Å². The van der Waals surface area contributed by atoms with Crippen LogP contribution in [-0.2, 0) is 9.53 Å². The van der Waals surface area contributed by atoms with Crippen molar-refractivity contribution in [2.75, 3.05) is 26.7 Å². The first-order valence-electron chi connectivity index (χ1n) is 6.92. The van der Waals surface area contributed by atoms with Gasteiger partial charge in [0.2, 0.25) is 5.91 Å². The minimum atomic E-state index is -0.0683. The van der Waals surface area contributed by atoms with Crippen molar-refractivity contribution in [1.82, 2.24) is 10.3 Å². The lowest BCUT2D eigenvalue weighted by molar-refractivity contribution is -0.121. The summed E-state index contributed by atoms with van der Waals surface area (Å²) in [6, 6.07) is 0. The summed E-state index contributed by atoms with van der Waals surface area (Å²) >= 11 is 0. The standard InChI is InChI=1S/C13H27N3O2/c1-11-7-9-16(10-12(11)18-2)8-5-3-4-6-13(17)15-14/h11-12H,3-10,14H2,1-2H3,(H,15,17). The largest absolute Gasteiger partial charge is 0.380 e. The van der Waals surface area contributed by atoms with Gasteiger partial charge in [0.25, 0.3) is 0 Å². The highest BCUT2D eigenvalue weighted by Crippen LogP contribution is 2.19. The van der Waals surface area contributed by atoms with Crippen molar-refractivity contribution in [1.29, 1.82) is 0 Å². The summed E-state index contributed by atoms with van der Waals surface area (Å²) < 4.78 is 5.50. The number of methoxy groups -OCH3 is 1. The fourth-order valence-electron chi connectivity index (χ4n) is 2.48. The predicted octanol–water partition coefficient (Wildman–Crippen LogP) is 0.894. The lowest BCUT2D eigenvalue weighted by Crippen LogP contribution is -2.44. The van der Waals surface area contributed by atoms with Gasteiger partial charge < -0.3 is 9.64 Å². The molecule has 1 amide bonds. The number of hydrazine groups is 1. The van der Waals surface area contributed by atoms with Crippen LogP contribution in [0.1, 0.15) is 39.0 Å². The number of nitrogens with one attached hydrogen (secondary N) is 1. The van der Waals surface area contributed by atoms with E-state index in [9.17, 15) is 4.79 Å². The van der Waals surface area contributed by atoms with Gasteiger partial charge in [0.05, 0.1) is 6.10 Å². The summed E-state index contributed by atoms with van der Waals surface area (Å²) in [5, 5.41) is 0. The molecule has 1 saturated heterocycles. The number of hydrogen-bond donors (Lipinski definition) is 2. The molecule has 0 radical (unpaired) electrons. The van der Waals surface area contributed by atoms with E-state index in [1.807, 2.05) is 0 Å². The van der Waals surface area contributed by atoms with E-state index in [1.165, 1.54) is 13.0 Å². The third-order valence-electron chi connectivity index (χ3n) is 3.82. The number of likely N-dealkylation sites (tertiary alicyclic amines) is 1. The third-order valence-corrected chi connectivity index (χ3v) is 3.82. The van der Waals surface area contributed by atoms with Crippen LogP contribution in [0.4, 0.5) is 0 Å². The van der Waals surface area contributed by atoms with Gasteiger partial charge in [-0.2, -0.15) is 0 Å². The normalized spacial score (nSPS) is 25.1. The Balaban J connectivity index is 2.07. The Morgan fingerprint density at radius 1 is 1.44 bits per heavy atom. The highest BCUT2D eigenvalue weighted by atomic mass is 16.5. The number of piperidine rings is 1. The van der Waals surface area contributed by atoms with Crippen LogP contribution in [0.25, 0.3) is 0 Å². The molecule has 1 heterocycles. The van der Waals surface area contributed by atoms with Crippen molar-refractivity contribution in [3.8, 4) is 0 Å². The third kappa shape index (κ3) is 5.33. The minimum absolute atomic E-state index is 0.0683. The molecule has 0 aromatic rings. The Bertz CT molecular complexity index is 248. The van der Waals surface area contributed by atoms with E-state index in [0.717, 1.165) is 32.4 Å². The van der Waals surface area contributed by atoms with Gasteiger partial charge in [-0.25, -0.2) is 5.84 Å². The van der Waals surface area contributed by atoms with Gasteiger partial charge in [0.15, 0.2) is 0 Å². The van der Waals surface area contributed by atoms with E-state index in [4.69, 9.17) is 10.6 Å². The average molecular weight is 257 g/mol. The van der Waals surface area contributed by atoms with Crippen LogP contribution in [0.2, 0.25) is 0 Å². The molecule has 0 saturated carbocycles. The molecule has 106 valence electrons. The fraction of sp³-hybridized carbons (Fsp3) is 0.923. The second kappa shape index (κ2) is 8.45. The maximum atomic E-state index is 10.9. The first-order valence-corrected chi connectivity index (χ1v) is 6.92. The molecular weight excluding hydrogens is 230 g/mol. The second-order valence-corrected chi connectivity index (χ2v) is 5.22. The number of carbonyl (C=O) groups is 1. The number of rotatable bonds is 7. The zero-order chi connectivity index (χ0) is 13.4.